The summed E-state index contributed by atoms with van der Waals surface area (Å²) in [4.78, 5) is 26.2. The minimum absolute atomic E-state index is 0.00249. The number of hydrogen-bond donors (Lipinski definition) is 1. The lowest BCUT2D eigenvalue weighted by atomic mass is 9.90. The Balaban J connectivity index is 2.21. The third kappa shape index (κ3) is 3.64. The molecule has 130 valence electrons. The molecular weight excluding hydrogens is 316 g/mol. The highest BCUT2D eigenvalue weighted by Crippen LogP contribution is 2.30. The van der Waals surface area contributed by atoms with Crippen LogP contribution < -0.4 is 5.32 Å². The molecule has 25 heavy (non-hydrogen) atoms. The van der Waals surface area contributed by atoms with Crippen LogP contribution in [0.5, 0.6) is 0 Å². The summed E-state index contributed by atoms with van der Waals surface area (Å²) >= 11 is 0. The van der Waals surface area contributed by atoms with Crippen LogP contribution in [0.2, 0.25) is 0 Å². The van der Waals surface area contributed by atoms with Crippen molar-refractivity contribution in [3.05, 3.63) is 35.4 Å². The fourth-order valence-electron chi connectivity index (χ4n) is 2.92. The van der Waals surface area contributed by atoms with Crippen molar-refractivity contribution < 1.29 is 9.59 Å². The third-order valence-corrected chi connectivity index (χ3v) is 4.62. The molecule has 1 aliphatic heterocycles. The maximum atomic E-state index is 12.9. The summed E-state index contributed by atoms with van der Waals surface area (Å²) in [7, 11) is 0. The molecule has 6 nitrogen and oxygen atoms in total. The van der Waals surface area contributed by atoms with Gasteiger partial charge in [0.25, 0.3) is 5.91 Å². The zero-order valence-corrected chi connectivity index (χ0v) is 14.7. The van der Waals surface area contributed by atoms with Gasteiger partial charge in [-0.1, -0.05) is 38.1 Å². The summed E-state index contributed by atoms with van der Waals surface area (Å²) in [6.07, 6.45) is 0.555. The van der Waals surface area contributed by atoms with E-state index in [2.05, 4.69) is 25.2 Å². The predicted molar refractivity (Wildman–Crippen MR) is 92.1 cm³/mol. The van der Waals surface area contributed by atoms with Gasteiger partial charge < -0.3 is 5.32 Å². The lowest BCUT2D eigenvalue weighted by molar-refractivity contribution is -0.131. The highest BCUT2D eigenvalue weighted by molar-refractivity contribution is 6.07. The van der Waals surface area contributed by atoms with Gasteiger partial charge in [0.1, 0.15) is 5.54 Å². The fourth-order valence-corrected chi connectivity index (χ4v) is 2.92. The van der Waals surface area contributed by atoms with Crippen molar-refractivity contribution in [2.45, 2.75) is 45.1 Å². The largest absolute Gasteiger partial charge is 0.325 e. The zero-order chi connectivity index (χ0) is 18.6. The molecule has 1 fully saturated rings. The van der Waals surface area contributed by atoms with E-state index in [1.54, 1.807) is 6.92 Å². The number of rotatable bonds is 6. The van der Waals surface area contributed by atoms with Gasteiger partial charge in [0.15, 0.2) is 0 Å². The van der Waals surface area contributed by atoms with E-state index in [9.17, 15) is 14.9 Å². The van der Waals surface area contributed by atoms with Crippen LogP contribution in [-0.4, -0.2) is 23.4 Å². The van der Waals surface area contributed by atoms with Gasteiger partial charge >= 0.3 is 6.03 Å². The number of hydrogen-bond acceptors (Lipinski definition) is 4. The lowest BCUT2D eigenvalue weighted by Crippen LogP contribution is -2.41. The molecule has 1 aliphatic rings. The molecule has 0 radical (unpaired) electrons. The molecule has 2 atom stereocenters. The van der Waals surface area contributed by atoms with Crippen LogP contribution in [0, 0.1) is 28.6 Å². The summed E-state index contributed by atoms with van der Waals surface area (Å²) in [5, 5.41) is 20.6. The highest BCUT2D eigenvalue weighted by atomic mass is 16.2. The third-order valence-electron chi connectivity index (χ3n) is 4.62. The summed E-state index contributed by atoms with van der Waals surface area (Å²) < 4.78 is 0. The Morgan fingerprint density at radius 3 is 2.36 bits per heavy atom. The maximum Gasteiger partial charge on any atom is 0.325 e. The minimum Gasteiger partial charge on any atom is -0.319 e. The van der Waals surface area contributed by atoms with Gasteiger partial charge in [-0.15, -0.1) is 0 Å². The van der Waals surface area contributed by atoms with Gasteiger partial charge in [0, 0.05) is 13.0 Å². The van der Waals surface area contributed by atoms with Gasteiger partial charge in [0.05, 0.1) is 18.1 Å². The van der Waals surface area contributed by atoms with Crippen LogP contribution >= 0.6 is 0 Å². The second kappa shape index (κ2) is 7.36. The molecular formula is C19H22N4O2. The van der Waals surface area contributed by atoms with Crippen molar-refractivity contribution in [3.63, 3.8) is 0 Å². The molecule has 1 aromatic rings. The predicted octanol–water partition coefficient (Wildman–Crippen LogP) is 3.02. The summed E-state index contributed by atoms with van der Waals surface area (Å²) in [5.74, 6) is -0.532. The Morgan fingerprint density at radius 1 is 1.20 bits per heavy atom. The first kappa shape index (κ1) is 18.5. The van der Waals surface area contributed by atoms with E-state index in [4.69, 9.17) is 5.26 Å². The molecule has 3 amide bonds. The number of urea groups is 1. The van der Waals surface area contributed by atoms with E-state index < -0.39 is 17.5 Å². The molecule has 1 heterocycles. The number of carbonyl (C=O) groups excluding carboxylic acids is 2. The van der Waals surface area contributed by atoms with Gasteiger partial charge in [-0.2, -0.15) is 10.5 Å². The van der Waals surface area contributed by atoms with Crippen LogP contribution in [0.15, 0.2) is 24.3 Å². The average molecular weight is 338 g/mol. The summed E-state index contributed by atoms with van der Waals surface area (Å²) in [6.45, 7) is 5.85. The first-order valence-electron chi connectivity index (χ1n) is 8.34. The molecule has 2 rings (SSSR count). The fraction of sp³-hybridized carbons (Fsp3) is 0.474. The standard InChI is InChI=1S/C19H22N4O2/c1-13(2)15-6-8-16(9-7-15)19(3)17(24)23(18(25)22-19)12-14(11-21)5-4-10-20/h6-9,13-14H,4-5,12H2,1-3H3,(H,22,25)/t14-,19-/m1/s1. The monoisotopic (exact) mass is 338 g/mol. The van der Waals surface area contributed by atoms with Crippen molar-refractivity contribution in [2.24, 2.45) is 5.92 Å². The van der Waals surface area contributed by atoms with Crippen LogP contribution in [0.3, 0.4) is 0 Å². The average Bonchev–Trinajstić information content (AvgIpc) is 2.82. The minimum atomic E-state index is -1.14. The van der Waals surface area contributed by atoms with Crippen molar-refractivity contribution in [3.8, 4) is 12.1 Å². The van der Waals surface area contributed by atoms with E-state index in [-0.39, 0.29) is 18.9 Å². The smallest absolute Gasteiger partial charge is 0.319 e. The van der Waals surface area contributed by atoms with Crippen LogP contribution in [0.4, 0.5) is 4.79 Å². The van der Waals surface area contributed by atoms with Crippen molar-refractivity contribution >= 4 is 11.9 Å². The first-order chi connectivity index (χ1) is 11.8. The quantitative estimate of drug-likeness (QED) is 0.806. The Bertz CT molecular complexity index is 742. The van der Waals surface area contributed by atoms with Crippen molar-refractivity contribution in [1.82, 2.24) is 10.2 Å². The van der Waals surface area contributed by atoms with Gasteiger partial charge in [0.2, 0.25) is 0 Å². The normalized spacial score (nSPS) is 21.0. The Morgan fingerprint density at radius 2 is 1.84 bits per heavy atom. The lowest BCUT2D eigenvalue weighted by Gasteiger charge is -2.23. The number of nitriles is 2. The Hall–Kier alpha value is -2.86. The van der Waals surface area contributed by atoms with Crippen LogP contribution in [0.25, 0.3) is 0 Å². The Kier molecular flexibility index (Phi) is 5.44. The second-order valence-corrected chi connectivity index (χ2v) is 6.77. The number of imide groups is 1. The van der Waals surface area contributed by atoms with E-state index in [0.29, 0.717) is 17.9 Å². The molecule has 6 heteroatoms. The molecule has 1 aromatic carbocycles. The molecule has 1 saturated heterocycles. The number of nitrogens with zero attached hydrogens (tertiary/aromatic N) is 3. The van der Waals surface area contributed by atoms with Crippen molar-refractivity contribution in [1.29, 1.82) is 10.5 Å². The molecule has 0 aromatic heterocycles. The zero-order valence-electron chi connectivity index (χ0n) is 14.7. The summed E-state index contributed by atoms with van der Waals surface area (Å²) in [5.41, 5.74) is 0.729. The molecule has 0 bridgehead atoms. The molecule has 0 aliphatic carbocycles. The molecule has 1 N–H and O–H groups in total. The second-order valence-electron chi connectivity index (χ2n) is 6.77. The van der Waals surface area contributed by atoms with E-state index in [1.165, 1.54) is 0 Å². The number of nitrogens with one attached hydrogen (secondary N) is 1. The number of carbonyl (C=O) groups is 2. The SMILES string of the molecule is CC(C)c1ccc([C@@]2(C)NC(=O)N(C[C@@H](C#N)CCC#N)C2=O)cc1. The summed E-state index contributed by atoms with van der Waals surface area (Å²) in [6, 6.07) is 11.2. The van der Waals surface area contributed by atoms with Gasteiger partial charge in [-0.3, -0.25) is 9.69 Å². The maximum absolute atomic E-state index is 12.9. The molecule has 0 spiro atoms. The van der Waals surface area contributed by atoms with E-state index in [0.717, 1.165) is 10.5 Å². The highest BCUT2D eigenvalue weighted by Gasteiger charge is 2.49. The van der Waals surface area contributed by atoms with Gasteiger partial charge in [-0.05, 0) is 30.4 Å². The first-order valence-corrected chi connectivity index (χ1v) is 8.34. The number of benzene rings is 1. The van der Waals surface area contributed by atoms with Gasteiger partial charge in [-0.25, -0.2) is 4.79 Å². The number of amides is 3. The van der Waals surface area contributed by atoms with Crippen molar-refractivity contribution in [2.75, 3.05) is 6.54 Å². The van der Waals surface area contributed by atoms with E-state index >= 15 is 0 Å². The van der Waals surface area contributed by atoms with Crippen LogP contribution in [0.1, 0.15) is 50.7 Å². The molecule has 0 unspecified atom stereocenters. The van der Waals surface area contributed by atoms with E-state index in [1.807, 2.05) is 30.3 Å². The molecule has 0 saturated carbocycles. The topological polar surface area (TPSA) is 97.0 Å². The van der Waals surface area contributed by atoms with Crippen LogP contribution in [-0.2, 0) is 10.3 Å². The Labute approximate surface area is 148 Å².